The van der Waals surface area contributed by atoms with Gasteiger partial charge in [-0.25, -0.2) is 0 Å². The van der Waals surface area contributed by atoms with E-state index in [2.05, 4.69) is 15.5 Å². The Labute approximate surface area is 138 Å². The van der Waals surface area contributed by atoms with E-state index in [9.17, 15) is 4.79 Å². The van der Waals surface area contributed by atoms with Gasteiger partial charge in [-0.1, -0.05) is 29.4 Å². The van der Waals surface area contributed by atoms with Crippen molar-refractivity contribution in [2.24, 2.45) is 0 Å². The first-order valence-electron chi connectivity index (χ1n) is 6.65. The van der Waals surface area contributed by atoms with E-state index in [0.717, 1.165) is 11.3 Å². The van der Waals surface area contributed by atoms with Crippen molar-refractivity contribution in [1.82, 2.24) is 14.8 Å². The van der Waals surface area contributed by atoms with Gasteiger partial charge in [0.15, 0.2) is 5.16 Å². The van der Waals surface area contributed by atoms with Crippen molar-refractivity contribution in [2.75, 3.05) is 24.8 Å². The van der Waals surface area contributed by atoms with Crippen LogP contribution in [0.3, 0.4) is 0 Å². The first kappa shape index (κ1) is 16.8. The number of nitrogens with one attached hydrogen (secondary N) is 1. The second-order valence-corrected chi connectivity index (χ2v) is 5.97. The van der Waals surface area contributed by atoms with Crippen LogP contribution in [-0.4, -0.2) is 40.1 Å². The molecule has 0 aliphatic heterocycles. The molecule has 2 aromatic rings. The zero-order valence-electron chi connectivity index (χ0n) is 12.4. The summed E-state index contributed by atoms with van der Waals surface area (Å²) in [4.78, 5) is 12.0. The summed E-state index contributed by atoms with van der Waals surface area (Å²) >= 11 is 7.27. The van der Waals surface area contributed by atoms with Crippen LogP contribution in [0.4, 0.5) is 5.69 Å². The normalized spacial score (nSPS) is 10.7. The molecule has 0 unspecified atom stereocenters. The zero-order chi connectivity index (χ0) is 15.9. The fourth-order valence-corrected chi connectivity index (χ4v) is 2.66. The molecular weight excluding hydrogens is 324 g/mol. The Morgan fingerprint density at radius 2 is 2.32 bits per heavy atom. The fraction of sp³-hybridized carbons (Fsp3) is 0.357. The van der Waals surface area contributed by atoms with E-state index in [1.54, 1.807) is 25.6 Å². The lowest BCUT2D eigenvalue weighted by Gasteiger charge is -2.09. The van der Waals surface area contributed by atoms with Crippen molar-refractivity contribution >= 4 is 35.0 Å². The van der Waals surface area contributed by atoms with Gasteiger partial charge in [0.25, 0.3) is 0 Å². The Balaban J connectivity index is 1.90. The minimum absolute atomic E-state index is 0.114. The quantitative estimate of drug-likeness (QED) is 0.785. The first-order chi connectivity index (χ1) is 10.6. The maximum absolute atomic E-state index is 12.0. The van der Waals surface area contributed by atoms with Crippen molar-refractivity contribution in [3.63, 3.8) is 0 Å². The number of aryl methyl sites for hydroxylation is 1. The number of aromatic nitrogens is 3. The SMILES string of the molecule is COCCn1cnnc1SCC(=O)Nc1cc(Cl)ccc1C. The molecule has 0 atom stereocenters. The van der Waals surface area contributed by atoms with Gasteiger partial charge in [0.1, 0.15) is 6.33 Å². The Hall–Kier alpha value is -1.57. The number of hydrogen-bond acceptors (Lipinski definition) is 5. The van der Waals surface area contributed by atoms with Crippen molar-refractivity contribution in [1.29, 1.82) is 0 Å². The molecule has 2 rings (SSSR count). The zero-order valence-corrected chi connectivity index (χ0v) is 13.9. The minimum Gasteiger partial charge on any atom is -0.383 e. The number of anilines is 1. The fourth-order valence-electron chi connectivity index (χ4n) is 1.74. The number of nitrogens with zero attached hydrogens (tertiary/aromatic N) is 3. The molecule has 1 aromatic heterocycles. The predicted octanol–water partition coefficient (Wildman–Crippen LogP) is 2.62. The molecule has 0 bridgehead atoms. The van der Waals surface area contributed by atoms with Crippen molar-refractivity contribution < 1.29 is 9.53 Å². The number of hydrogen-bond donors (Lipinski definition) is 1. The summed E-state index contributed by atoms with van der Waals surface area (Å²) in [5, 5.41) is 12.0. The minimum atomic E-state index is -0.114. The van der Waals surface area contributed by atoms with E-state index in [0.29, 0.717) is 23.3 Å². The third kappa shape index (κ3) is 4.72. The van der Waals surface area contributed by atoms with Crippen molar-refractivity contribution in [2.45, 2.75) is 18.6 Å². The molecule has 22 heavy (non-hydrogen) atoms. The maximum Gasteiger partial charge on any atom is 0.234 e. The van der Waals surface area contributed by atoms with Crippen LogP contribution in [-0.2, 0) is 16.1 Å². The van der Waals surface area contributed by atoms with Gasteiger partial charge in [-0.15, -0.1) is 10.2 Å². The van der Waals surface area contributed by atoms with Crippen LogP contribution in [0.1, 0.15) is 5.56 Å². The average molecular weight is 341 g/mol. The second kappa shape index (κ2) is 8.17. The van der Waals surface area contributed by atoms with Crippen LogP contribution in [0.15, 0.2) is 29.7 Å². The molecule has 0 saturated heterocycles. The molecule has 1 heterocycles. The van der Waals surface area contributed by atoms with Crippen molar-refractivity contribution in [3.05, 3.63) is 35.1 Å². The molecule has 8 heteroatoms. The summed E-state index contributed by atoms with van der Waals surface area (Å²) in [5.41, 5.74) is 1.69. The molecule has 0 aliphatic carbocycles. The molecule has 0 spiro atoms. The monoisotopic (exact) mass is 340 g/mol. The van der Waals surface area contributed by atoms with Gasteiger partial charge in [0.05, 0.1) is 12.4 Å². The summed E-state index contributed by atoms with van der Waals surface area (Å²) in [5.74, 6) is 0.133. The molecule has 1 N–H and O–H groups in total. The van der Waals surface area contributed by atoms with Gasteiger partial charge in [-0.2, -0.15) is 0 Å². The third-order valence-corrected chi connectivity index (χ3v) is 4.14. The maximum atomic E-state index is 12.0. The average Bonchev–Trinajstić information content (AvgIpc) is 2.94. The van der Waals surface area contributed by atoms with Crippen molar-refractivity contribution in [3.8, 4) is 0 Å². The lowest BCUT2D eigenvalue weighted by Crippen LogP contribution is -2.15. The number of ether oxygens (including phenoxy) is 1. The number of halogens is 1. The second-order valence-electron chi connectivity index (χ2n) is 4.60. The summed E-state index contributed by atoms with van der Waals surface area (Å²) in [7, 11) is 1.64. The van der Waals surface area contributed by atoms with E-state index in [-0.39, 0.29) is 11.7 Å². The van der Waals surface area contributed by atoms with E-state index >= 15 is 0 Å². The highest BCUT2D eigenvalue weighted by atomic mass is 35.5. The van der Waals surface area contributed by atoms with E-state index in [1.807, 2.05) is 17.6 Å². The Bertz CT molecular complexity index is 648. The number of rotatable bonds is 7. The third-order valence-electron chi connectivity index (χ3n) is 2.92. The summed E-state index contributed by atoms with van der Waals surface area (Å²) < 4.78 is 6.87. The topological polar surface area (TPSA) is 69.0 Å². The molecule has 1 amide bonds. The molecule has 0 radical (unpaired) electrons. The number of carbonyl (C=O) groups is 1. The molecule has 0 fully saturated rings. The van der Waals surface area contributed by atoms with Gasteiger partial charge < -0.3 is 14.6 Å². The van der Waals surface area contributed by atoms with Crippen LogP contribution >= 0.6 is 23.4 Å². The summed E-state index contributed by atoms with van der Waals surface area (Å²) in [6, 6.07) is 5.40. The number of benzene rings is 1. The Morgan fingerprint density at radius 3 is 3.09 bits per heavy atom. The molecule has 1 aromatic carbocycles. The highest BCUT2D eigenvalue weighted by molar-refractivity contribution is 7.99. The van der Waals surface area contributed by atoms with Crippen LogP contribution in [0.25, 0.3) is 0 Å². The standard InChI is InChI=1S/C14H17ClN4O2S/c1-10-3-4-11(15)7-12(10)17-13(20)8-22-14-18-16-9-19(14)5-6-21-2/h3-4,7,9H,5-6,8H2,1-2H3,(H,17,20). The number of methoxy groups -OCH3 is 1. The van der Waals surface area contributed by atoms with E-state index in [4.69, 9.17) is 16.3 Å². The van der Waals surface area contributed by atoms with Gasteiger partial charge in [-0.3, -0.25) is 4.79 Å². The largest absolute Gasteiger partial charge is 0.383 e. The van der Waals surface area contributed by atoms with E-state index in [1.165, 1.54) is 11.8 Å². The Kier molecular flexibility index (Phi) is 6.23. The number of carbonyl (C=O) groups excluding carboxylic acids is 1. The highest BCUT2D eigenvalue weighted by Gasteiger charge is 2.10. The van der Waals surface area contributed by atoms with Crippen LogP contribution in [0.5, 0.6) is 0 Å². The van der Waals surface area contributed by atoms with Crippen LogP contribution in [0.2, 0.25) is 5.02 Å². The number of thioether (sulfide) groups is 1. The summed E-state index contributed by atoms with van der Waals surface area (Å²) in [6.07, 6.45) is 1.63. The molecule has 0 saturated carbocycles. The van der Waals surface area contributed by atoms with Gasteiger partial charge in [0.2, 0.25) is 5.91 Å². The van der Waals surface area contributed by atoms with E-state index < -0.39 is 0 Å². The Morgan fingerprint density at radius 1 is 1.50 bits per heavy atom. The molecule has 6 nitrogen and oxygen atoms in total. The van der Waals surface area contributed by atoms with Gasteiger partial charge >= 0.3 is 0 Å². The smallest absolute Gasteiger partial charge is 0.234 e. The lowest BCUT2D eigenvalue weighted by molar-refractivity contribution is -0.113. The molecule has 118 valence electrons. The molecule has 0 aliphatic rings. The number of amides is 1. The molecular formula is C14H17ClN4O2S. The van der Waals surface area contributed by atoms with Gasteiger partial charge in [0, 0.05) is 24.4 Å². The highest BCUT2D eigenvalue weighted by Crippen LogP contribution is 2.21. The lowest BCUT2D eigenvalue weighted by atomic mass is 10.2. The summed E-state index contributed by atoms with van der Waals surface area (Å²) in [6.45, 7) is 3.14. The van der Waals surface area contributed by atoms with Gasteiger partial charge in [-0.05, 0) is 24.6 Å². The van der Waals surface area contributed by atoms with Crippen LogP contribution in [0, 0.1) is 6.92 Å². The predicted molar refractivity (Wildman–Crippen MR) is 87.4 cm³/mol. The van der Waals surface area contributed by atoms with Crippen LogP contribution < -0.4 is 5.32 Å². The first-order valence-corrected chi connectivity index (χ1v) is 8.02.